The van der Waals surface area contributed by atoms with E-state index < -0.39 is 5.97 Å². The summed E-state index contributed by atoms with van der Waals surface area (Å²) in [5.74, 6) is -0.715. The van der Waals surface area contributed by atoms with Crippen LogP contribution in [-0.2, 0) is 11.2 Å². The topological polar surface area (TPSA) is 49.3 Å². The zero-order valence-electron chi connectivity index (χ0n) is 10.4. The lowest BCUT2D eigenvalue weighted by Crippen LogP contribution is -2.21. The minimum Gasteiger partial charge on any atom is -0.481 e. The van der Waals surface area contributed by atoms with Crippen molar-refractivity contribution in [3.05, 3.63) is 35.1 Å². The van der Waals surface area contributed by atoms with Crippen LogP contribution in [-0.4, -0.2) is 24.2 Å². The van der Waals surface area contributed by atoms with Crippen LogP contribution in [0.1, 0.15) is 17.5 Å². The van der Waals surface area contributed by atoms with Gasteiger partial charge in [0.15, 0.2) is 0 Å². The first-order chi connectivity index (χ1) is 8.58. The van der Waals surface area contributed by atoms with Gasteiger partial charge in [-0.3, -0.25) is 4.79 Å². The van der Waals surface area contributed by atoms with Crippen LogP contribution in [0.25, 0.3) is 0 Å². The summed E-state index contributed by atoms with van der Waals surface area (Å²) in [6.45, 7) is 3.32. The predicted molar refractivity (Wildman–Crippen MR) is 66.9 cm³/mol. The van der Waals surface area contributed by atoms with Crippen molar-refractivity contribution in [2.75, 3.05) is 13.1 Å². The van der Waals surface area contributed by atoms with Crippen LogP contribution < -0.4 is 5.32 Å². The van der Waals surface area contributed by atoms with Gasteiger partial charge in [0.05, 0.1) is 5.92 Å². The Morgan fingerprint density at radius 3 is 2.94 bits per heavy atom. The Labute approximate surface area is 106 Å². The standard InChI is InChI=1S/C14H18FNO2/c1-9-6-10(2-3-13(9)15)4-5-16-8-11-7-12(11)14(17)18/h2-3,6,11-12,16H,4-5,7-8H2,1H3,(H,17,18). The van der Waals surface area contributed by atoms with Gasteiger partial charge >= 0.3 is 5.97 Å². The van der Waals surface area contributed by atoms with Crippen molar-refractivity contribution in [3.8, 4) is 0 Å². The third-order valence-electron chi connectivity index (χ3n) is 3.46. The van der Waals surface area contributed by atoms with Crippen molar-refractivity contribution in [2.45, 2.75) is 19.8 Å². The van der Waals surface area contributed by atoms with Crippen molar-refractivity contribution < 1.29 is 14.3 Å². The molecule has 18 heavy (non-hydrogen) atoms. The SMILES string of the molecule is Cc1cc(CCNCC2CC2C(=O)O)ccc1F. The molecule has 0 aliphatic heterocycles. The van der Waals surface area contributed by atoms with E-state index in [0.29, 0.717) is 5.56 Å². The van der Waals surface area contributed by atoms with Crippen LogP contribution in [0.2, 0.25) is 0 Å². The molecule has 2 unspecified atom stereocenters. The van der Waals surface area contributed by atoms with E-state index >= 15 is 0 Å². The molecule has 0 heterocycles. The molecular weight excluding hydrogens is 233 g/mol. The maximum absolute atomic E-state index is 13.0. The van der Waals surface area contributed by atoms with Crippen LogP contribution >= 0.6 is 0 Å². The summed E-state index contributed by atoms with van der Waals surface area (Å²) in [6, 6.07) is 5.14. The van der Waals surface area contributed by atoms with Crippen LogP contribution in [0.4, 0.5) is 4.39 Å². The maximum atomic E-state index is 13.0. The van der Waals surface area contributed by atoms with Crippen molar-refractivity contribution >= 4 is 5.97 Å². The fraction of sp³-hybridized carbons (Fsp3) is 0.500. The van der Waals surface area contributed by atoms with Gasteiger partial charge in [-0.1, -0.05) is 12.1 Å². The third kappa shape index (κ3) is 3.29. The summed E-state index contributed by atoms with van der Waals surface area (Å²) in [4.78, 5) is 10.6. The molecule has 1 aliphatic carbocycles. The van der Waals surface area contributed by atoms with Crippen molar-refractivity contribution in [1.82, 2.24) is 5.32 Å². The molecule has 0 saturated heterocycles. The molecule has 4 heteroatoms. The van der Waals surface area contributed by atoms with Crippen molar-refractivity contribution in [2.24, 2.45) is 11.8 Å². The Morgan fingerprint density at radius 2 is 2.33 bits per heavy atom. The molecule has 0 radical (unpaired) electrons. The second-order valence-corrected chi connectivity index (χ2v) is 4.98. The van der Waals surface area contributed by atoms with Gasteiger partial charge in [-0.2, -0.15) is 0 Å². The minimum absolute atomic E-state index is 0.148. The minimum atomic E-state index is -0.684. The summed E-state index contributed by atoms with van der Waals surface area (Å²) in [6.07, 6.45) is 1.63. The molecule has 0 bridgehead atoms. The smallest absolute Gasteiger partial charge is 0.306 e. The second kappa shape index (κ2) is 5.48. The van der Waals surface area contributed by atoms with Crippen molar-refractivity contribution in [1.29, 1.82) is 0 Å². The molecular formula is C14H18FNO2. The van der Waals surface area contributed by atoms with E-state index in [-0.39, 0.29) is 17.7 Å². The van der Waals surface area contributed by atoms with Gasteiger partial charge in [0.1, 0.15) is 5.82 Å². The lowest BCUT2D eigenvalue weighted by molar-refractivity contribution is -0.138. The van der Waals surface area contributed by atoms with E-state index in [0.717, 1.165) is 31.5 Å². The highest BCUT2D eigenvalue weighted by atomic mass is 19.1. The van der Waals surface area contributed by atoms with Crippen LogP contribution in [0, 0.1) is 24.6 Å². The summed E-state index contributed by atoms with van der Waals surface area (Å²) < 4.78 is 13.0. The summed E-state index contributed by atoms with van der Waals surface area (Å²) >= 11 is 0. The van der Waals surface area contributed by atoms with E-state index in [1.54, 1.807) is 13.0 Å². The number of benzene rings is 1. The van der Waals surface area contributed by atoms with E-state index in [1.807, 2.05) is 6.07 Å². The zero-order chi connectivity index (χ0) is 13.1. The highest BCUT2D eigenvalue weighted by Gasteiger charge is 2.42. The molecule has 2 N–H and O–H groups in total. The Bertz CT molecular complexity index is 447. The molecule has 2 atom stereocenters. The highest BCUT2D eigenvalue weighted by Crippen LogP contribution is 2.37. The Kier molecular flexibility index (Phi) is 3.97. The zero-order valence-corrected chi connectivity index (χ0v) is 10.4. The molecule has 2 rings (SSSR count). The third-order valence-corrected chi connectivity index (χ3v) is 3.46. The highest BCUT2D eigenvalue weighted by molar-refractivity contribution is 5.73. The molecule has 0 spiro atoms. The Balaban J connectivity index is 1.67. The second-order valence-electron chi connectivity index (χ2n) is 4.98. The number of carbonyl (C=O) groups is 1. The average molecular weight is 251 g/mol. The maximum Gasteiger partial charge on any atom is 0.306 e. The first-order valence-electron chi connectivity index (χ1n) is 6.26. The van der Waals surface area contributed by atoms with Crippen LogP contribution in [0.3, 0.4) is 0 Å². The monoisotopic (exact) mass is 251 g/mol. The lowest BCUT2D eigenvalue weighted by atomic mass is 10.1. The summed E-state index contributed by atoms with van der Waals surface area (Å²) in [7, 11) is 0. The molecule has 98 valence electrons. The number of halogens is 1. The number of aryl methyl sites for hydroxylation is 1. The first-order valence-corrected chi connectivity index (χ1v) is 6.26. The van der Waals surface area contributed by atoms with Gasteiger partial charge < -0.3 is 10.4 Å². The van der Waals surface area contributed by atoms with Crippen molar-refractivity contribution in [3.63, 3.8) is 0 Å². The normalized spacial score (nSPS) is 21.9. The number of aliphatic carboxylic acids is 1. The number of rotatable bonds is 6. The number of nitrogens with one attached hydrogen (secondary N) is 1. The first kappa shape index (κ1) is 13.0. The van der Waals surface area contributed by atoms with E-state index in [2.05, 4.69) is 5.32 Å². The fourth-order valence-corrected chi connectivity index (χ4v) is 2.16. The molecule has 1 fully saturated rings. The molecule has 3 nitrogen and oxygen atoms in total. The lowest BCUT2D eigenvalue weighted by Gasteiger charge is -2.05. The molecule has 1 aromatic carbocycles. The fourth-order valence-electron chi connectivity index (χ4n) is 2.16. The largest absolute Gasteiger partial charge is 0.481 e. The number of carboxylic acids is 1. The predicted octanol–water partition coefficient (Wildman–Crippen LogP) is 1.99. The summed E-state index contributed by atoms with van der Waals surface area (Å²) in [5, 5.41) is 12.0. The average Bonchev–Trinajstić information content (AvgIpc) is 3.09. The summed E-state index contributed by atoms with van der Waals surface area (Å²) in [5.41, 5.74) is 1.77. The van der Waals surface area contributed by atoms with Gasteiger partial charge in [0.25, 0.3) is 0 Å². The van der Waals surface area contributed by atoms with Gasteiger partial charge in [-0.25, -0.2) is 4.39 Å². The van der Waals surface area contributed by atoms with Gasteiger partial charge in [-0.15, -0.1) is 0 Å². The number of hydrogen-bond acceptors (Lipinski definition) is 2. The molecule has 0 amide bonds. The van der Waals surface area contributed by atoms with Gasteiger partial charge in [0, 0.05) is 0 Å². The van der Waals surface area contributed by atoms with Crippen LogP contribution in [0.5, 0.6) is 0 Å². The number of hydrogen-bond donors (Lipinski definition) is 2. The Hall–Kier alpha value is -1.42. The molecule has 1 aromatic rings. The van der Waals surface area contributed by atoms with Gasteiger partial charge in [0.2, 0.25) is 0 Å². The van der Waals surface area contributed by atoms with Crippen LogP contribution in [0.15, 0.2) is 18.2 Å². The number of carboxylic acid groups (broad SMARTS) is 1. The van der Waals surface area contributed by atoms with Gasteiger partial charge in [-0.05, 0) is 56.0 Å². The Morgan fingerprint density at radius 1 is 1.56 bits per heavy atom. The quantitative estimate of drug-likeness (QED) is 0.760. The molecule has 1 aliphatic rings. The molecule has 1 saturated carbocycles. The molecule has 0 aromatic heterocycles. The van der Waals surface area contributed by atoms with E-state index in [4.69, 9.17) is 5.11 Å². The van der Waals surface area contributed by atoms with E-state index in [1.165, 1.54) is 6.07 Å². The van der Waals surface area contributed by atoms with E-state index in [9.17, 15) is 9.18 Å².